The Morgan fingerprint density at radius 2 is 1.66 bits per heavy atom. The van der Waals surface area contributed by atoms with Crippen molar-refractivity contribution in [3.8, 4) is 0 Å². The first-order valence-electron chi connectivity index (χ1n) is 10.8. The number of fused-ring (bicyclic) bond motifs is 1. The lowest BCUT2D eigenvalue weighted by Gasteiger charge is -2.23. The molecular formula is C25H24N8O2. The molecule has 2 atom stereocenters. The second-order valence-corrected chi connectivity index (χ2v) is 7.60. The first-order valence-corrected chi connectivity index (χ1v) is 10.8. The van der Waals surface area contributed by atoms with Crippen molar-refractivity contribution >= 4 is 29.0 Å². The molecule has 4 rings (SSSR count). The smallest absolute Gasteiger partial charge is 0.264 e. The van der Waals surface area contributed by atoms with E-state index in [4.69, 9.17) is 26.1 Å². The molecule has 0 spiro atoms. The van der Waals surface area contributed by atoms with Crippen LogP contribution in [-0.2, 0) is 9.53 Å². The molecule has 6 N–H and O–H groups in total. The molecular weight excluding hydrogens is 444 g/mol. The highest BCUT2D eigenvalue weighted by Crippen LogP contribution is 2.23. The number of aliphatic imine (C=N–C) groups is 1. The van der Waals surface area contributed by atoms with E-state index in [-0.39, 0.29) is 17.6 Å². The van der Waals surface area contributed by atoms with Gasteiger partial charge in [0, 0.05) is 22.3 Å². The van der Waals surface area contributed by atoms with Crippen molar-refractivity contribution in [2.24, 2.45) is 10.1 Å². The van der Waals surface area contributed by atoms with E-state index in [0.29, 0.717) is 22.5 Å². The molecule has 0 fully saturated rings. The molecule has 10 heteroatoms. The number of amides is 1. The maximum Gasteiger partial charge on any atom is 0.264 e. The van der Waals surface area contributed by atoms with Crippen LogP contribution in [0.15, 0.2) is 89.0 Å². The number of benzodiazepines with no additional fused rings is 1. The number of ether oxygens (including phenoxy) is 1. The topological polar surface area (TPSA) is 159 Å². The van der Waals surface area contributed by atoms with Crippen molar-refractivity contribution in [3.63, 3.8) is 0 Å². The highest BCUT2D eigenvalue weighted by atomic mass is 16.5. The summed E-state index contributed by atoms with van der Waals surface area (Å²) in [5, 5.41) is 27.9. The fraction of sp³-hybridized carbons (Fsp3) is 0.120. The number of hydrogen-bond donors (Lipinski definition) is 6. The van der Waals surface area contributed by atoms with Gasteiger partial charge in [0.15, 0.2) is 12.0 Å². The van der Waals surface area contributed by atoms with E-state index in [9.17, 15) is 4.79 Å². The lowest BCUT2D eigenvalue weighted by Crippen LogP contribution is -2.52. The van der Waals surface area contributed by atoms with Gasteiger partial charge in [0.2, 0.25) is 12.2 Å². The van der Waals surface area contributed by atoms with Crippen LogP contribution in [0.4, 0.5) is 5.69 Å². The Labute approximate surface area is 202 Å². The Morgan fingerprint density at radius 1 is 1.00 bits per heavy atom. The minimum Gasteiger partial charge on any atom is -0.445 e. The van der Waals surface area contributed by atoms with Crippen LogP contribution in [-0.4, -0.2) is 42.9 Å². The van der Waals surface area contributed by atoms with Gasteiger partial charge in [-0.3, -0.25) is 25.9 Å². The largest absolute Gasteiger partial charge is 0.445 e. The third-order valence-corrected chi connectivity index (χ3v) is 5.33. The molecule has 176 valence electrons. The molecule has 3 aromatic rings. The van der Waals surface area contributed by atoms with Crippen LogP contribution in [0.25, 0.3) is 0 Å². The van der Waals surface area contributed by atoms with Gasteiger partial charge in [-0.1, -0.05) is 60.7 Å². The quantitative estimate of drug-likeness (QED) is 0.136. The average molecular weight is 469 g/mol. The number of benzene rings is 3. The molecule has 2 unspecified atom stereocenters. The Balaban J connectivity index is 1.56. The van der Waals surface area contributed by atoms with Gasteiger partial charge in [-0.05, 0) is 25.2 Å². The zero-order valence-corrected chi connectivity index (χ0v) is 18.9. The average Bonchev–Trinajstić information content (AvgIpc) is 3.04. The number of rotatable bonds is 7. The second kappa shape index (κ2) is 10.6. The Bertz CT molecular complexity index is 1290. The summed E-state index contributed by atoms with van der Waals surface area (Å²) >= 11 is 0. The predicted molar refractivity (Wildman–Crippen MR) is 133 cm³/mol. The van der Waals surface area contributed by atoms with Crippen LogP contribution in [0.5, 0.6) is 0 Å². The van der Waals surface area contributed by atoms with E-state index >= 15 is 0 Å². The molecule has 1 amide bonds. The van der Waals surface area contributed by atoms with Crippen LogP contribution in [0, 0.1) is 16.3 Å². The van der Waals surface area contributed by atoms with Crippen molar-refractivity contribution in [1.82, 2.24) is 10.6 Å². The molecule has 1 heterocycles. The van der Waals surface area contributed by atoms with Crippen LogP contribution in [0.1, 0.15) is 22.3 Å². The predicted octanol–water partition coefficient (Wildman–Crippen LogP) is 3.29. The fourth-order valence-corrected chi connectivity index (χ4v) is 3.55. The number of carbonyl (C=O) groups excluding carboxylic acids is 1. The molecule has 0 saturated heterocycles. The molecule has 0 radical (unpaired) electrons. The Hall–Kier alpha value is -4.54. The van der Waals surface area contributed by atoms with Gasteiger partial charge in [0.25, 0.3) is 5.91 Å². The lowest BCUT2D eigenvalue weighted by molar-refractivity contribution is -0.118. The Kier molecular flexibility index (Phi) is 7.15. The van der Waals surface area contributed by atoms with Gasteiger partial charge < -0.3 is 10.1 Å². The number of amidine groups is 1. The van der Waals surface area contributed by atoms with Crippen molar-refractivity contribution < 1.29 is 9.53 Å². The molecule has 0 bridgehead atoms. The number of nitrogens with one attached hydrogen (secondary N) is 6. The summed E-state index contributed by atoms with van der Waals surface area (Å²) in [5.41, 5.74) is 10.8. The number of carbonyl (C=O) groups is 1. The van der Waals surface area contributed by atoms with Gasteiger partial charge in [-0.2, -0.15) is 0 Å². The molecule has 0 aliphatic carbocycles. The lowest BCUT2D eigenvalue weighted by atomic mass is 10.0. The monoisotopic (exact) mass is 468 g/mol. The number of para-hydroxylation sites is 1. The third kappa shape index (κ3) is 5.35. The minimum absolute atomic E-state index is 0.151. The summed E-state index contributed by atoms with van der Waals surface area (Å²) in [4.78, 5) is 17.8. The van der Waals surface area contributed by atoms with E-state index in [1.807, 2.05) is 54.6 Å². The number of hydrogen-bond acceptors (Lipinski definition) is 8. The second-order valence-electron chi connectivity index (χ2n) is 7.60. The molecule has 1 aliphatic heterocycles. The zero-order valence-electron chi connectivity index (χ0n) is 18.9. The van der Waals surface area contributed by atoms with Crippen LogP contribution in [0.2, 0.25) is 0 Å². The maximum absolute atomic E-state index is 13.0. The van der Waals surface area contributed by atoms with E-state index in [1.165, 1.54) is 0 Å². The fourth-order valence-electron chi connectivity index (χ4n) is 3.55. The van der Waals surface area contributed by atoms with Crippen molar-refractivity contribution in [2.45, 2.75) is 12.5 Å². The van der Waals surface area contributed by atoms with Crippen molar-refractivity contribution in [2.75, 3.05) is 12.4 Å². The molecule has 0 aromatic heterocycles. The summed E-state index contributed by atoms with van der Waals surface area (Å²) in [6.07, 6.45) is -1.90. The standard InChI is InChI=1S/C25H24N8O2/c1-29-25(35-22(27)17-13-11-16(12-14-17)21(26)33-28)32-23-24(34)30-19-10-6-5-9-18(19)20(31-23)15-7-3-2-4-8-15/h2-14,23,25-29,32H,1H3,(H,30,34). The summed E-state index contributed by atoms with van der Waals surface area (Å²) in [7, 11) is 1.64. The van der Waals surface area contributed by atoms with Gasteiger partial charge in [-0.15, -0.1) is 5.11 Å². The van der Waals surface area contributed by atoms with Gasteiger partial charge in [-0.25, -0.2) is 10.8 Å². The molecule has 0 saturated carbocycles. The third-order valence-electron chi connectivity index (χ3n) is 5.33. The van der Waals surface area contributed by atoms with E-state index in [0.717, 1.165) is 11.1 Å². The van der Waals surface area contributed by atoms with E-state index in [2.05, 4.69) is 21.1 Å². The van der Waals surface area contributed by atoms with Crippen LogP contribution < -0.4 is 16.0 Å². The van der Waals surface area contributed by atoms with Crippen LogP contribution in [0.3, 0.4) is 0 Å². The SMILES string of the molecule is CNC(NC1N=C(c2ccccc2)c2ccccc2NC1=O)OC(=N)c1ccc(C(=N)N=N)cc1. The molecule has 35 heavy (non-hydrogen) atoms. The van der Waals surface area contributed by atoms with E-state index < -0.39 is 12.5 Å². The summed E-state index contributed by atoms with van der Waals surface area (Å²) in [6, 6.07) is 23.4. The summed E-state index contributed by atoms with van der Waals surface area (Å²) in [5.74, 6) is -0.686. The maximum atomic E-state index is 13.0. The minimum atomic E-state index is -0.996. The normalized spacial score (nSPS) is 15.6. The molecule has 10 nitrogen and oxygen atoms in total. The van der Waals surface area contributed by atoms with Gasteiger partial charge in [0.05, 0.1) is 11.4 Å². The Morgan fingerprint density at radius 3 is 2.34 bits per heavy atom. The summed E-state index contributed by atoms with van der Waals surface area (Å²) in [6.45, 7) is 0. The first-order chi connectivity index (χ1) is 17.0. The van der Waals surface area contributed by atoms with Gasteiger partial charge >= 0.3 is 0 Å². The number of nitrogens with zero attached hydrogens (tertiary/aromatic N) is 2. The first kappa shape index (κ1) is 23.6. The summed E-state index contributed by atoms with van der Waals surface area (Å²) < 4.78 is 5.72. The highest BCUT2D eigenvalue weighted by Gasteiger charge is 2.28. The number of anilines is 1. The van der Waals surface area contributed by atoms with E-state index in [1.54, 1.807) is 31.3 Å². The molecule has 3 aromatic carbocycles. The molecule has 1 aliphatic rings. The zero-order chi connectivity index (χ0) is 24.8. The van der Waals surface area contributed by atoms with Crippen LogP contribution >= 0.6 is 0 Å². The van der Waals surface area contributed by atoms with Crippen molar-refractivity contribution in [3.05, 3.63) is 101 Å². The van der Waals surface area contributed by atoms with Gasteiger partial charge in [0.1, 0.15) is 0 Å². The van der Waals surface area contributed by atoms with Crippen molar-refractivity contribution in [1.29, 1.82) is 16.3 Å². The highest BCUT2D eigenvalue weighted by molar-refractivity contribution is 6.19.